The molecule has 1 amide bonds. The van der Waals surface area contributed by atoms with Gasteiger partial charge >= 0.3 is 0 Å². The minimum atomic E-state index is -0.694. The summed E-state index contributed by atoms with van der Waals surface area (Å²) in [5.74, 6) is -1.73. The summed E-state index contributed by atoms with van der Waals surface area (Å²) in [7, 11) is 0. The predicted molar refractivity (Wildman–Crippen MR) is 76.1 cm³/mol. The van der Waals surface area contributed by atoms with Crippen molar-refractivity contribution in [3.8, 4) is 0 Å². The first-order valence-corrected chi connectivity index (χ1v) is 6.54. The lowest BCUT2D eigenvalue weighted by Gasteiger charge is -2.07. The van der Waals surface area contributed by atoms with Crippen LogP contribution in [0.4, 0.5) is 14.5 Å². The standard InChI is InChI=1S/C14H11BrF2N2O/c15-11-4-2-8(5-13(11)18)14(20)19-7-9-1-3-10(16)6-12(9)17/h1-6H,7,18H2,(H,19,20). The van der Waals surface area contributed by atoms with E-state index in [2.05, 4.69) is 21.2 Å². The zero-order valence-electron chi connectivity index (χ0n) is 10.3. The van der Waals surface area contributed by atoms with Crippen LogP contribution in [-0.2, 0) is 6.54 Å². The van der Waals surface area contributed by atoms with Gasteiger partial charge in [-0.2, -0.15) is 0 Å². The normalized spacial score (nSPS) is 10.3. The van der Waals surface area contributed by atoms with Crippen LogP contribution in [-0.4, -0.2) is 5.91 Å². The van der Waals surface area contributed by atoms with Gasteiger partial charge in [-0.05, 0) is 40.2 Å². The molecule has 6 heteroatoms. The third-order valence-corrected chi connectivity index (χ3v) is 3.43. The van der Waals surface area contributed by atoms with E-state index in [4.69, 9.17) is 5.73 Å². The van der Waals surface area contributed by atoms with Gasteiger partial charge in [-0.25, -0.2) is 8.78 Å². The molecule has 3 nitrogen and oxygen atoms in total. The van der Waals surface area contributed by atoms with E-state index in [9.17, 15) is 13.6 Å². The molecule has 0 aliphatic heterocycles. The monoisotopic (exact) mass is 340 g/mol. The van der Waals surface area contributed by atoms with Crippen molar-refractivity contribution in [1.29, 1.82) is 0 Å². The van der Waals surface area contributed by atoms with Crippen LogP contribution in [0.25, 0.3) is 0 Å². The van der Waals surface area contributed by atoms with Gasteiger partial charge in [0.15, 0.2) is 0 Å². The highest BCUT2D eigenvalue weighted by molar-refractivity contribution is 9.10. The van der Waals surface area contributed by atoms with Crippen LogP contribution in [0.2, 0.25) is 0 Å². The van der Waals surface area contributed by atoms with E-state index in [1.165, 1.54) is 12.1 Å². The van der Waals surface area contributed by atoms with Crippen molar-refractivity contribution >= 4 is 27.5 Å². The van der Waals surface area contributed by atoms with E-state index < -0.39 is 11.6 Å². The minimum absolute atomic E-state index is 0.0269. The molecule has 0 atom stereocenters. The van der Waals surface area contributed by atoms with Gasteiger partial charge in [0.1, 0.15) is 11.6 Å². The number of hydrogen-bond acceptors (Lipinski definition) is 2. The van der Waals surface area contributed by atoms with Gasteiger partial charge in [0.25, 0.3) is 5.91 Å². The number of halogens is 3. The molecular formula is C14H11BrF2N2O. The maximum absolute atomic E-state index is 13.4. The van der Waals surface area contributed by atoms with Crippen molar-refractivity contribution in [2.24, 2.45) is 0 Å². The molecule has 0 aliphatic rings. The Morgan fingerprint density at radius 1 is 1.20 bits per heavy atom. The van der Waals surface area contributed by atoms with E-state index >= 15 is 0 Å². The zero-order chi connectivity index (χ0) is 14.7. The number of carbonyl (C=O) groups excluding carboxylic acids is 1. The van der Waals surface area contributed by atoms with Crippen molar-refractivity contribution in [3.05, 3.63) is 63.6 Å². The summed E-state index contributed by atoms with van der Waals surface area (Å²) in [6.07, 6.45) is 0. The fourth-order valence-electron chi connectivity index (χ4n) is 1.63. The molecule has 0 saturated carbocycles. The molecule has 0 unspecified atom stereocenters. The molecule has 0 bridgehead atoms. The summed E-state index contributed by atoms with van der Waals surface area (Å²) < 4.78 is 26.8. The molecule has 3 N–H and O–H groups in total. The van der Waals surface area contributed by atoms with E-state index in [-0.39, 0.29) is 18.0 Å². The molecule has 0 fully saturated rings. The highest BCUT2D eigenvalue weighted by atomic mass is 79.9. The van der Waals surface area contributed by atoms with Crippen molar-refractivity contribution in [2.45, 2.75) is 6.54 Å². The number of hydrogen-bond donors (Lipinski definition) is 2. The first-order valence-electron chi connectivity index (χ1n) is 5.74. The predicted octanol–water partition coefficient (Wildman–Crippen LogP) is 3.24. The van der Waals surface area contributed by atoms with E-state index in [0.717, 1.165) is 12.1 Å². The zero-order valence-corrected chi connectivity index (χ0v) is 11.9. The molecule has 0 heterocycles. The SMILES string of the molecule is Nc1cc(C(=O)NCc2ccc(F)cc2F)ccc1Br. The number of anilines is 1. The average molecular weight is 341 g/mol. The molecule has 0 aromatic heterocycles. The van der Waals surface area contributed by atoms with Crippen LogP contribution in [0.3, 0.4) is 0 Å². The fraction of sp³-hybridized carbons (Fsp3) is 0.0714. The third-order valence-electron chi connectivity index (χ3n) is 2.71. The molecule has 2 aromatic carbocycles. The van der Waals surface area contributed by atoms with Crippen molar-refractivity contribution in [2.75, 3.05) is 5.73 Å². The molecular weight excluding hydrogens is 330 g/mol. The van der Waals surface area contributed by atoms with Gasteiger partial charge in [0, 0.05) is 33.9 Å². The lowest BCUT2D eigenvalue weighted by atomic mass is 10.1. The number of nitrogens with two attached hydrogens (primary N) is 1. The smallest absolute Gasteiger partial charge is 0.251 e. The minimum Gasteiger partial charge on any atom is -0.398 e. The van der Waals surface area contributed by atoms with Gasteiger partial charge in [-0.3, -0.25) is 4.79 Å². The quantitative estimate of drug-likeness (QED) is 0.842. The lowest BCUT2D eigenvalue weighted by Crippen LogP contribution is -2.23. The van der Waals surface area contributed by atoms with E-state index in [1.54, 1.807) is 12.1 Å². The van der Waals surface area contributed by atoms with E-state index in [1.807, 2.05) is 0 Å². The van der Waals surface area contributed by atoms with Crippen molar-refractivity contribution < 1.29 is 13.6 Å². The Balaban J connectivity index is 2.06. The molecule has 104 valence electrons. The van der Waals surface area contributed by atoms with Crippen molar-refractivity contribution in [3.63, 3.8) is 0 Å². The molecule has 0 spiro atoms. The van der Waals surface area contributed by atoms with E-state index in [0.29, 0.717) is 15.7 Å². The number of carbonyl (C=O) groups is 1. The second-order valence-corrected chi connectivity index (χ2v) is 5.01. The second-order valence-electron chi connectivity index (χ2n) is 4.15. The third kappa shape index (κ3) is 3.33. The number of amides is 1. The van der Waals surface area contributed by atoms with Crippen LogP contribution in [0.1, 0.15) is 15.9 Å². The molecule has 0 saturated heterocycles. The van der Waals surface area contributed by atoms with Gasteiger partial charge in [0.05, 0.1) is 0 Å². The highest BCUT2D eigenvalue weighted by Crippen LogP contribution is 2.20. The molecule has 2 rings (SSSR count). The molecule has 0 aliphatic carbocycles. The van der Waals surface area contributed by atoms with Gasteiger partial charge in [-0.1, -0.05) is 6.07 Å². The highest BCUT2D eigenvalue weighted by Gasteiger charge is 2.09. The summed E-state index contributed by atoms with van der Waals surface area (Å²) in [6.45, 7) is -0.0269. The Hall–Kier alpha value is -1.95. The van der Waals surface area contributed by atoms with Crippen LogP contribution in [0.15, 0.2) is 40.9 Å². The van der Waals surface area contributed by atoms with Crippen LogP contribution in [0, 0.1) is 11.6 Å². The Morgan fingerprint density at radius 2 is 1.95 bits per heavy atom. The molecule has 2 aromatic rings. The van der Waals surface area contributed by atoms with Crippen LogP contribution >= 0.6 is 15.9 Å². The van der Waals surface area contributed by atoms with Gasteiger partial charge < -0.3 is 11.1 Å². The Kier molecular flexibility index (Phi) is 4.34. The first kappa shape index (κ1) is 14.5. The first-order chi connectivity index (χ1) is 9.47. The van der Waals surface area contributed by atoms with Crippen LogP contribution < -0.4 is 11.1 Å². The van der Waals surface area contributed by atoms with Crippen LogP contribution in [0.5, 0.6) is 0 Å². The van der Waals surface area contributed by atoms with Gasteiger partial charge in [-0.15, -0.1) is 0 Å². The van der Waals surface area contributed by atoms with Crippen molar-refractivity contribution in [1.82, 2.24) is 5.32 Å². The Bertz CT molecular complexity index is 662. The Labute approximate surface area is 122 Å². The summed E-state index contributed by atoms with van der Waals surface area (Å²) in [5.41, 5.74) is 6.70. The number of benzene rings is 2. The summed E-state index contributed by atoms with van der Waals surface area (Å²) in [6, 6.07) is 7.97. The number of nitrogens with one attached hydrogen (secondary N) is 1. The summed E-state index contributed by atoms with van der Waals surface area (Å²) in [5, 5.41) is 2.55. The average Bonchev–Trinajstić information content (AvgIpc) is 2.40. The summed E-state index contributed by atoms with van der Waals surface area (Å²) in [4.78, 5) is 11.9. The molecule has 20 heavy (non-hydrogen) atoms. The van der Waals surface area contributed by atoms with Gasteiger partial charge in [0.2, 0.25) is 0 Å². The largest absolute Gasteiger partial charge is 0.398 e. The fourth-order valence-corrected chi connectivity index (χ4v) is 1.87. The number of nitrogen functional groups attached to an aromatic ring is 1. The molecule has 0 radical (unpaired) electrons. The Morgan fingerprint density at radius 3 is 2.60 bits per heavy atom. The second kappa shape index (κ2) is 6.00. The topological polar surface area (TPSA) is 55.1 Å². The maximum atomic E-state index is 13.4. The lowest BCUT2D eigenvalue weighted by molar-refractivity contribution is 0.0950. The summed E-state index contributed by atoms with van der Waals surface area (Å²) >= 11 is 3.23. The maximum Gasteiger partial charge on any atom is 0.251 e. The number of rotatable bonds is 3.